The van der Waals surface area contributed by atoms with E-state index in [4.69, 9.17) is 9.84 Å². The van der Waals surface area contributed by atoms with E-state index in [-0.39, 0.29) is 6.23 Å². The summed E-state index contributed by atoms with van der Waals surface area (Å²) in [6.45, 7) is 0.579. The van der Waals surface area contributed by atoms with Gasteiger partial charge in [-0.3, -0.25) is 4.79 Å². The highest BCUT2D eigenvalue weighted by atomic mass is 16.5. The fourth-order valence-corrected chi connectivity index (χ4v) is 1.76. The number of hydrazine groups is 1. The monoisotopic (exact) mass is 236 g/mol. The molecule has 0 saturated carbocycles. The van der Waals surface area contributed by atoms with E-state index < -0.39 is 12.0 Å². The second kappa shape index (κ2) is 5.77. The van der Waals surface area contributed by atoms with E-state index in [1.54, 1.807) is 0 Å². The number of benzene rings is 1. The summed E-state index contributed by atoms with van der Waals surface area (Å²) in [5.74, 6) is -0.855. The van der Waals surface area contributed by atoms with Gasteiger partial charge in [0.15, 0.2) is 0 Å². The Labute approximate surface area is 99.8 Å². The van der Waals surface area contributed by atoms with Gasteiger partial charge < -0.3 is 9.84 Å². The molecular weight excluding hydrogens is 220 g/mol. The topological polar surface area (TPSA) is 70.6 Å². The quantitative estimate of drug-likeness (QED) is 0.695. The standard InChI is InChI=1S/C12H16N2O3/c15-12(16)10-8-11(14-13-10)17-7-6-9-4-2-1-3-5-9/h1-5,10-11,13-14H,6-8H2,(H,15,16). The van der Waals surface area contributed by atoms with Crippen molar-refractivity contribution < 1.29 is 14.6 Å². The number of carbonyl (C=O) groups is 1. The Morgan fingerprint density at radius 1 is 1.35 bits per heavy atom. The van der Waals surface area contributed by atoms with Gasteiger partial charge >= 0.3 is 5.97 Å². The Balaban J connectivity index is 1.68. The predicted molar refractivity (Wildman–Crippen MR) is 62.2 cm³/mol. The lowest BCUT2D eigenvalue weighted by Crippen LogP contribution is -2.37. The molecule has 0 radical (unpaired) electrons. The van der Waals surface area contributed by atoms with E-state index in [0.717, 1.165) is 6.42 Å². The molecule has 0 spiro atoms. The van der Waals surface area contributed by atoms with E-state index in [9.17, 15) is 4.79 Å². The van der Waals surface area contributed by atoms with Crippen molar-refractivity contribution in [2.75, 3.05) is 6.61 Å². The zero-order valence-corrected chi connectivity index (χ0v) is 9.43. The minimum absolute atomic E-state index is 0.222. The molecule has 1 aromatic rings. The number of ether oxygens (including phenoxy) is 1. The van der Waals surface area contributed by atoms with Gasteiger partial charge in [0.2, 0.25) is 0 Å². The average Bonchev–Trinajstić information content (AvgIpc) is 2.79. The summed E-state index contributed by atoms with van der Waals surface area (Å²) in [6.07, 6.45) is 1.06. The first-order valence-corrected chi connectivity index (χ1v) is 5.65. The van der Waals surface area contributed by atoms with Crippen LogP contribution < -0.4 is 10.9 Å². The lowest BCUT2D eigenvalue weighted by molar-refractivity contribution is -0.139. The summed E-state index contributed by atoms with van der Waals surface area (Å²) in [4.78, 5) is 10.7. The largest absolute Gasteiger partial charge is 0.480 e. The summed E-state index contributed by atoms with van der Waals surface area (Å²) < 4.78 is 5.55. The molecule has 2 unspecified atom stereocenters. The maximum absolute atomic E-state index is 10.7. The van der Waals surface area contributed by atoms with Crippen LogP contribution in [-0.2, 0) is 16.0 Å². The summed E-state index contributed by atoms with van der Waals surface area (Å²) in [7, 11) is 0. The molecule has 2 rings (SSSR count). The molecule has 1 saturated heterocycles. The van der Waals surface area contributed by atoms with Crippen molar-refractivity contribution in [3.05, 3.63) is 35.9 Å². The molecular formula is C12H16N2O3. The van der Waals surface area contributed by atoms with E-state index in [1.807, 2.05) is 30.3 Å². The van der Waals surface area contributed by atoms with Crippen LogP contribution in [0, 0.1) is 0 Å². The van der Waals surface area contributed by atoms with Crippen molar-refractivity contribution in [3.63, 3.8) is 0 Å². The molecule has 1 heterocycles. The van der Waals surface area contributed by atoms with Crippen LogP contribution in [0.1, 0.15) is 12.0 Å². The van der Waals surface area contributed by atoms with Crippen LogP contribution in [-0.4, -0.2) is 30.0 Å². The van der Waals surface area contributed by atoms with Crippen molar-refractivity contribution in [2.24, 2.45) is 0 Å². The number of hydrogen-bond acceptors (Lipinski definition) is 4. The fourth-order valence-electron chi connectivity index (χ4n) is 1.76. The van der Waals surface area contributed by atoms with E-state index in [2.05, 4.69) is 10.9 Å². The summed E-state index contributed by atoms with van der Waals surface area (Å²) in [5, 5.41) is 8.78. The van der Waals surface area contributed by atoms with Crippen LogP contribution >= 0.6 is 0 Å². The molecule has 0 bridgehead atoms. The number of rotatable bonds is 5. The van der Waals surface area contributed by atoms with Crippen LogP contribution in [0.3, 0.4) is 0 Å². The van der Waals surface area contributed by atoms with Crippen molar-refractivity contribution in [3.8, 4) is 0 Å². The van der Waals surface area contributed by atoms with Gasteiger partial charge in [-0.15, -0.1) is 0 Å². The number of carboxylic acids is 1. The van der Waals surface area contributed by atoms with Crippen LogP contribution in [0.4, 0.5) is 0 Å². The van der Waals surface area contributed by atoms with Crippen molar-refractivity contribution in [2.45, 2.75) is 25.1 Å². The molecule has 0 aliphatic carbocycles. The zero-order chi connectivity index (χ0) is 12.1. The molecule has 5 heteroatoms. The van der Waals surface area contributed by atoms with Gasteiger partial charge in [0.05, 0.1) is 6.61 Å². The lowest BCUT2D eigenvalue weighted by Gasteiger charge is -2.10. The Kier molecular flexibility index (Phi) is 4.08. The molecule has 0 amide bonds. The summed E-state index contributed by atoms with van der Waals surface area (Å²) in [6, 6.07) is 9.49. The lowest BCUT2D eigenvalue weighted by atomic mass is 10.2. The number of nitrogens with one attached hydrogen (secondary N) is 2. The van der Waals surface area contributed by atoms with Gasteiger partial charge in [-0.1, -0.05) is 30.3 Å². The Bertz CT molecular complexity index is 369. The third-order valence-electron chi connectivity index (χ3n) is 2.72. The zero-order valence-electron chi connectivity index (χ0n) is 9.43. The highest BCUT2D eigenvalue weighted by Crippen LogP contribution is 2.07. The molecule has 0 aromatic heterocycles. The number of aliphatic carboxylic acids is 1. The molecule has 2 atom stereocenters. The third-order valence-corrected chi connectivity index (χ3v) is 2.72. The highest BCUT2D eigenvalue weighted by Gasteiger charge is 2.29. The van der Waals surface area contributed by atoms with Crippen LogP contribution in [0.25, 0.3) is 0 Å². The summed E-state index contributed by atoms with van der Waals surface area (Å²) in [5.41, 5.74) is 6.72. The Morgan fingerprint density at radius 3 is 2.76 bits per heavy atom. The number of hydrogen-bond donors (Lipinski definition) is 3. The molecule has 1 aromatic carbocycles. The summed E-state index contributed by atoms with van der Waals surface area (Å²) >= 11 is 0. The highest BCUT2D eigenvalue weighted by molar-refractivity contribution is 5.73. The first-order chi connectivity index (χ1) is 8.25. The van der Waals surface area contributed by atoms with Gasteiger partial charge in [-0.2, -0.15) is 0 Å². The van der Waals surface area contributed by atoms with Crippen LogP contribution in [0.5, 0.6) is 0 Å². The van der Waals surface area contributed by atoms with Crippen LogP contribution in [0.2, 0.25) is 0 Å². The molecule has 1 aliphatic heterocycles. The normalized spacial score (nSPS) is 23.8. The van der Waals surface area contributed by atoms with E-state index >= 15 is 0 Å². The SMILES string of the molecule is O=C(O)C1CC(OCCc2ccccc2)NN1. The molecule has 17 heavy (non-hydrogen) atoms. The van der Waals surface area contributed by atoms with Gasteiger partial charge in [-0.05, 0) is 12.0 Å². The first-order valence-electron chi connectivity index (χ1n) is 5.65. The van der Waals surface area contributed by atoms with Gasteiger partial charge in [-0.25, -0.2) is 10.9 Å². The predicted octanol–water partition coefficient (Wildman–Crippen LogP) is 0.523. The van der Waals surface area contributed by atoms with Crippen molar-refractivity contribution in [1.29, 1.82) is 0 Å². The van der Waals surface area contributed by atoms with Gasteiger partial charge in [0.1, 0.15) is 12.3 Å². The Morgan fingerprint density at radius 2 is 2.12 bits per heavy atom. The molecule has 1 fully saturated rings. The van der Waals surface area contributed by atoms with Gasteiger partial charge in [0, 0.05) is 6.42 Å². The maximum Gasteiger partial charge on any atom is 0.322 e. The smallest absolute Gasteiger partial charge is 0.322 e. The molecule has 5 nitrogen and oxygen atoms in total. The Hall–Kier alpha value is -1.43. The minimum atomic E-state index is -0.855. The fraction of sp³-hybridized carbons (Fsp3) is 0.417. The van der Waals surface area contributed by atoms with E-state index in [1.165, 1.54) is 5.56 Å². The minimum Gasteiger partial charge on any atom is -0.480 e. The molecule has 92 valence electrons. The molecule has 3 N–H and O–H groups in total. The second-order valence-electron chi connectivity index (χ2n) is 4.01. The van der Waals surface area contributed by atoms with Crippen molar-refractivity contribution in [1.82, 2.24) is 10.9 Å². The van der Waals surface area contributed by atoms with E-state index in [0.29, 0.717) is 13.0 Å². The van der Waals surface area contributed by atoms with Gasteiger partial charge in [0.25, 0.3) is 0 Å². The number of carboxylic acid groups (broad SMARTS) is 1. The third kappa shape index (κ3) is 3.52. The second-order valence-corrected chi connectivity index (χ2v) is 4.01. The first kappa shape index (κ1) is 12.0. The molecule has 1 aliphatic rings. The van der Waals surface area contributed by atoms with Crippen LogP contribution in [0.15, 0.2) is 30.3 Å². The maximum atomic E-state index is 10.7. The van der Waals surface area contributed by atoms with Crippen molar-refractivity contribution >= 4 is 5.97 Å². The average molecular weight is 236 g/mol.